The molecular formula is C26H24ClN5O2. The van der Waals surface area contributed by atoms with E-state index in [-0.39, 0.29) is 11.7 Å². The Morgan fingerprint density at radius 1 is 1.12 bits per heavy atom. The van der Waals surface area contributed by atoms with Gasteiger partial charge in [-0.3, -0.25) is 9.36 Å². The number of ether oxygens (including phenoxy) is 1. The average molecular weight is 474 g/mol. The van der Waals surface area contributed by atoms with Crippen molar-refractivity contribution in [2.24, 2.45) is 0 Å². The van der Waals surface area contributed by atoms with Gasteiger partial charge in [-0.25, -0.2) is 9.97 Å². The number of pyridine rings is 2. The van der Waals surface area contributed by atoms with Gasteiger partial charge in [0.25, 0.3) is 5.56 Å². The minimum atomic E-state index is -0.370. The highest BCUT2D eigenvalue weighted by atomic mass is 35.5. The maximum Gasteiger partial charge on any atom is 0.256 e. The van der Waals surface area contributed by atoms with Gasteiger partial charge < -0.3 is 9.30 Å². The number of rotatable bonds is 9. The normalized spacial score (nSPS) is 11.8. The van der Waals surface area contributed by atoms with Crippen molar-refractivity contribution in [2.45, 2.75) is 32.4 Å². The Morgan fingerprint density at radius 3 is 2.65 bits per heavy atom. The van der Waals surface area contributed by atoms with Crippen molar-refractivity contribution in [3.63, 3.8) is 0 Å². The maximum absolute atomic E-state index is 12.2. The molecule has 0 aliphatic rings. The first-order chi connectivity index (χ1) is 16.6. The molecule has 3 heterocycles. The number of nitriles is 1. The molecule has 4 aromatic rings. The lowest BCUT2D eigenvalue weighted by Gasteiger charge is -2.20. The van der Waals surface area contributed by atoms with Gasteiger partial charge >= 0.3 is 0 Å². The predicted molar refractivity (Wildman–Crippen MR) is 130 cm³/mol. The summed E-state index contributed by atoms with van der Waals surface area (Å²) >= 11 is 6.05. The minimum Gasteiger partial charge on any atom is -0.367 e. The summed E-state index contributed by atoms with van der Waals surface area (Å²) in [4.78, 5) is 21.1. The standard InChI is InChI=1S/C26H24ClN5O2/c1-2-3-12-34-26(21-8-10-24(30-14-21)32-17-22(27)9-11-25(32)33)23-15-29-18-31(23)16-20-6-4-19(13-28)5-7-20/h4-11,14-15,17-18,26H,2-3,12,16H2,1H3. The van der Waals surface area contributed by atoms with E-state index in [4.69, 9.17) is 21.6 Å². The molecule has 8 heteroatoms. The second kappa shape index (κ2) is 10.9. The lowest BCUT2D eigenvalue weighted by molar-refractivity contribution is 0.0726. The molecule has 0 bridgehead atoms. The van der Waals surface area contributed by atoms with Crippen molar-refractivity contribution < 1.29 is 4.74 Å². The molecule has 1 atom stereocenters. The van der Waals surface area contributed by atoms with Crippen molar-refractivity contribution in [2.75, 3.05) is 6.61 Å². The molecule has 4 rings (SSSR count). The molecule has 0 spiro atoms. The van der Waals surface area contributed by atoms with E-state index >= 15 is 0 Å². The van der Waals surface area contributed by atoms with E-state index in [0.29, 0.717) is 29.6 Å². The fraction of sp³-hybridized carbons (Fsp3) is 0.231. The molecule has 34 heavy (non-hydrogen) atoms. The van der Waals surface area contributed by atoms with Crippen LogP contribution in [0.1, 0.15) is 48.3 Å². The monoisotopic (exact) mass is 473 g/mol. The van der Waals surface area contributed by atoms with Crippen molar-refractivity contribution in [1.29, 1.82) is 5.26 Å². The van der Waals surface area contributed by atoms with Crippen molar-refractivity contribution in [1.82, 2.24) is 19.1 Å². The van der Waals surface area contributed by atoms with Crippen LogP contribution in [0.15, 0.2) is 78.2 Å². The van der Waals surface area contributed by atoms with Gasteiger partial charge in [0.15, 0.2) is 0 Å². The van der Waals surface area contributed by atoms with Crippen molar-refractivity contribution >= 4 is 11.6 Å². The summed E-state index contributed by atoms with van der Waals surface area (Å²) in [5.41, 5.74) is 3.23. The number of benzene rings is 1. The maximum atomic E-state index is 12.2. The second-order valence-corrected chi connectivity index (χ2v) is 8.30. The molecule has 1 unspecified atom stereocenters. The lowest BCUT2D eigenvalue weighted by Crippen LogP contribution is -2.18. The van der Waals surface area contributed by atoms with Crippen LogP contribution in [-0.2, 0) is 11.3 Å². The third-order valence-corrected chi connectivity index (χ3v) is 5.65. The van der Waals surface area contributed by atoms with E-state index in [1.165, 1.54) is 10.6 Å². The fourth-order valence-electron chi connectivity index (χ4n) is 3.60. The molecule has 0 radical (unpaired) electrons. The van der Waals surface area contributed by atoms with Crippen LogP contribution in [0.25, 0.3) is 5.82 Å². The Labute approximate surface area is 202 Å². The van der Waals surface area contributed by atoms with Gasteiger partial charge in [0.2, 0.25) is 0 Å². The average Bonchev–Trinajstić information content (AvgIpc) is 3.32. The Kier molecular flexibility index (Phi) is 7.53. The van der Waals surface area contributed by atoms with E-state index in [0.717, 1.165) is 29.7 Å². The van der Waals surface area contributed by atoms with Gasteiger partial charge in [-0.1, -0.05) is 43.1 Å². The van der Waals surface area contributed by atoms with E-state index in [2.05, 4.69) is 23.0 Å². The largest absolute Gasteiger partial charge is 0.367 e. The number of halogens is 1. The molecule has 1 aromatic carbocycles. The molecule has 0 aliphatic heterocycles. The smallest absolute Gasteiger partial charge is 0.256 e. The first-order valence-electron chi connectivity index (χ1n) is 11.0. The van der Waals surface area contributed by atoms with Crippen LogP contribution in [0.3, 0.4) is 0 Å². The molecule has 0 fully saturated rings. The van der Waals surface area contributed by atoms with Crippen LogP contribution < -0.4 is 5.56 Å². The second-order valence-electron chi connectivity index (χ2n) is 7.86. The van der Waals surface area contributed by atoms with Gasteiger partial charge in [0, 0.05) is 37.2 Å². The molecule has 3 aromatic heterocycles. The van der Waals surface area contributed by atoms with Gasteiger partial charge in [-0.15, -0.1) is 0 Å². The summed E-state index contributed by atoms with van der Waals surface area (Å²) in [5, 5.41) is 9.50. The minimum absolute atomic E-state index is 0.208. The van der Waals surface area contributed by atoms with Crippen LogP contribution >= 0.6 is 11.6 Å². The van der Waals surface area contributed by atoms with E-state index in [1.807, 2.05) is 34.9 Å². The highest BCUT2D eigenvalue weighted by Crippen LogP contribution is 2.27. The number of unbranched alkanes of at least 4 members (excludes halogenated alkanes) is 1. The molecule has 0 saturated carbocycles. The van der Waals surface area contributed by atoms with Crippen molar-refractivity contribution in [3.8, 4) is 11.9 Å². The SMILES string of the molecule is CCCCOC(c1ccc(-n2cc(Cl)ccc2=O)nc1)c1cncn1Cc1ccc(C#N)cc1. The third-order valence-electron chi connectivity index (χ3n) is 5.43. The Hall–Kier alpha value is -3.73. The number of aromatic nitrogens is 4. The van der Waals surface area contributed by atoms with Crippen LogP contribution in [-0.4, -0.2) is 25.7 Å². The highest BCUT2D eigenvalue weighted by molar-refractivity contribution is 6.30. The summed E-state index contributed by atoms with van der Waals surface area (Å²) in [6, 6.07) is 16.3. The summed E-state index contributed by atoms with van der Waals surface area (Å²) in [6.45, 7) is 3.31. The lowest BCUT2D eigenvalue weighted by atomic mass is 10.1. The number of imidazole rings is 1. The molecular weight excluding hydrogens is 450 g/mol. The van der Waals surface area contributed by atoms with Gasteiger partial charge in [0.1, 0.15) is 11.9 Å². The summed E-state index contributed by atoms with van der Waals surface area (Å²) < 4.78 is 9.73. The Bertz CT molecular complexity index is 1340. The summed E-state index contributed by atoms with van der Waals surface area (Å²) in [7, 11) is 0. The van der Waals surface area contributed by atoms with Crippen LogP contribution in [0.5, 0.6) is 0 Å². The molecule has 172 valence electrons. The van der Waals surface area contributed by atoms with Crippen LogP contribution in [0, 0.1) is 11.3 Å². The van der Waals surface area contributed by atoms with Gasteiger partial charge in [-0.2, -0.15) is 5.26 Å². The molecule has 0 amide bonds. The van der Waals surface area contributed by atoms with Gasteiger partial charge in [0.05, 0.1) is 34.9 Å². The number of hydrogen-bond donors (Lipinski definition) is 0. The highest BCUT2D eigenvalue weighted by Gasteiger charge is 2.20. The van der Waals surface area contributed by atoms with E-state index in [1.54, 1.807) is 37.1 Å². The summed E-state index contributed by atoms with van der Waals surface area (Å²) in [6.07, 6.45) is 8.43. The molecule has 0 aliphatic carbocycles. The third kappa shape index (κ3) is 5.42. The zero-order valence-corrected chi connectivity index (χ0v) is 19.5. The van der Waals surface area contributed by atoms with Crippen LogP contribution in [0.4, 0.5) is 0 Å². The fourth-order valence-corrected chi connectivity index (χ4v) is 3.76. The summed E-state index contributed by atoms with van der Waals surface area (Å²) in [5.74, 6) is 0.481. The predicted octanol–water partition coefficient (Wildman–Crippen LogP) is 4.91. The Morgan fingerprint density at radius 2 is 1.94 bits per heavy atom. The van der Waals surface area contributed by atoms with E-state index in [9.17, 15) is 4.79 Å². The zero-order valence-electron chi connectivity index (χ0n) is 18.8. The Balaban J connectivity index is 1.64. The van der Waals surface area contributed by atoms with Crippen LogP contribution in [0.2, 0.25) is 5.02 Å². The topological polar surface area (TPSA) is 85.7 Å². The number of hydrogen-bond acceptors (Lipinski definition) is 5. The first kappa shape index (κ1) is 23.4. The van der Waals surface area contributed by atoms with Gasteiger partial charge in [-0.05, 0) is 36.2 Å². The number of nitrogens with zero attached hydrogens (tertiary/aromatic N) is 5. The molecule has 0 N–H and O–H groups in total. The zero-order chi connectivity index (χ0) is 23.9. The first-order valence-corrected chi connectivity index (χ1v) is 11.4. The quantitative estimate of drug-likeness (QED) is 0.322. The molecule has 7 nitrogen and oxygen atoms in total. The van der Waals surface area contributed by atoms with Crippen molar-refractivity contribution in [3.05, 3.63) is 111 Å². The van der Waals surface area contributed by atoms with E-state index < -0.39 is 0 Å². The molecule has 0 saturated heterocycles.